The van der Waals surface area contributed by atoms with E-state index in [0.717, 1.165) is 63.7 Å². The summed E-state index contributed by atoms with van der Waals surface area (Å²) in [6.07, 6.45) is 58.2. The third-order valence-corrected chi connectivity index (χ3v) is 13.9. The number of hydrogen-bond donors (Lipinski definition) is 0. The topological polar surface area (TPSA) is 78.9 Å². The number of unbranched alkanes of at least 4 members (excludes halogenated alkanes) is 40. The summed E-state index contributed by atoms with van der Waals surface area (Å²) < 4.78 is 16.9. The Morgan fingerprint density at radius 1 is 0.308 bits per heavy atom. The fourth-order valence-corrected chi connectivity index (χ4v) is 9.07. The van der Waals surface area contributed by atoms with Crippen LogP contribution in [0.15, 0.2) is 0 Å². The second-order valence-corrected chi connectivity index (χ2v) is 20.5. The molecule has 0 heterocycles. The van der Waals surface area contributed by atoms with Gasteiger partial charge >= 0.3 is 17.9 Å². The molecule has 0 fully saturated rings. The summed E-state index contributed by atoms with van der Waals surface area (Å²) in [6, 6.07) is 0. The van der Waals surface area contributed by atoms with Crippen molar-refractivity contribution in [3.63, 3.8) is 0 Å². The van der Waals surface area contributed by atoms with E-state index in [1.54, 1.807) is 0 Å². The molecule has 0 aromatic heterocycles. The van der Waals surface area contributed by atoms with E-state index in [-0.39, 0.29) is 31.1 Å². The van der Waals surface area contributed by atoms with E-state index in [4.69, 9.17) is 14.2 Å². The lowest BCUT2D eigenvalue weighted by Gasteiger charge is -2.18. The van der Waals surface area contributed by atoms with E-state index < -0.39 is 6.10 Å². The van der Waals surface area contributed by atoms with Crippen molar-refractivity contribution in [2.45, 2.75) is 342 Å². The van der Waals surface area contributed by atoms with Crippen molar-refractivity contribution in [2.75, 3.05) is 13.2 Å². The highest BCUT2D eigenvalue weighted by Crippen LogP contribution is 2.18. The van der Waals surface area contributed by atoms with Crippen LogP contribution in [-0.4, -0.2) is 37.2 Å². The maximum atomic E-state index is 12.8. The van der Waals surface area contributed by atoms with Crippen LogP contribution in [0.5, 0.6) is 0 Å². The average Bonchev–Trinajstić information content (AvgIpc) is 3.30. The van der Waals surface area contributed by atoms with Gasteiger partial charge in [0.15, 0.2) is 6.10 Å². The minimum absolute atomic E-state index is 0.0631. The lowest BCUT2D eigenvalue weighted by atomic mass is 10.00. The zero-order valence-electron chi connectivity index (χ0n) is 44.5. The first-order chi connectivity index (χ1) is 31.9. The zero-order chi connectivity index (χ0) is 47.4. The highest BCUT2D eigenvalue weighted by molar-refractivity contribution is 5.71. The number of esters is 3. The minimum Gasteiger partial charge on any atom is -0.462 e. The Balaban J connectivity index is 4.20. The molecule has 0 aromatic carbocycles. The lowest BCUT2D eigenvalue weighted by Crippen LogP contribution is -2.30. The van der Waals surface area contributed by atoms with E-state index >= 15 is 0 Å². The van der Waals surface area contributed by atoms with Crippen LogP contribution >= 0.6 is 0 Å². The van der Waals surface area contributed by atoms with Gasteiger partial charge in [-0.25, -0.2) is 0 Å². The van der Waals surface area contributed by atoms with E-state index in [0.29, 0.717) is 19.3 Å². The quantitative estimate of drug-likeness (QED) is 0.0344. The van der Waals surface area contributed by atoms with Crippen LogP contribution in [0.3, 0.4) is 0 Å². The fourth-order valence-electron chi connectivity index (χ4n) is 9.07. The van der Waals surface area contributed by atoms with Gasteiger partial charge in [0.2, 0.25) is 0 Å². The molecular formula is C59H114O6. The Morgan fingerprint density at radius 3 is 0.800 bits per heavy atom. The Bertz CT molecular complexity index is 982. The first-order valence-corrected chi connectivity index (χ1v) is 29.4. The van der Waals surface area contributed by atoms with E-state index in [9.17, 15) is 14.4 Å². The molecule has 0 spiro atoms. The van der Waals surface area contributed by atoms with Crippen LogP contribution in [0.4, 0.5) is 0 Å². The molecule has 2 atom stereocenters. The van der Waals surface area contributed by atoms with E-state index in [2.05, 4.69) is 27.7 Å². The summed E-state index contributed by atoms with van der Waals surface area (Å²) >= 11 is 0. The third-order valence-electron chi connectivity index (χ3n) is 13.9. The van der Waals surface area contributed by atoms with Crippen molar-refractivity contribution in [2.24, 2.45) is 5.92 Å². The molecule has 0 amide bonds. The van der Waals surface area contributed by atoms with Crippen LogP contribution in [0.25, 0.3) is 0 Å². The highest BCUT2D eigenvalue weighted by atomic mass is 16.6. The SMILES string of the molecule is CCCCCCCCCCCCCCCCCCCCCC(=O)OC[C@@H](COC(=O)CCCCCCCCCCCCCCCCCCCC)OC(=O)CCCCCCCCC(C)CC. The second-order valence-electron chi connectivity index (χ2n) is 20.5. The predicted molar refractivity (Wildman–Crippen MR) is 280 cm³/mol. The Hall–Kier alpha value is -1.59. The van der Waals surface area contributed by atoms with Gasteiger partial charge in [-0.1, -0.05) is 297 Å². The largest absolute Gasteiger partial charge is 0.462 e. The van der Waals surface area contributed by atoms with Crippen molar-refractivity contribution in [1.29, 1.82) is 0 Å². The van der Waals surface area contributed by atoms with Gasteiger partial charge in [-0.05, 0) is 25.2 Å². The Labute approximate surface area is 406 Å². The fraction of sp³-hybridized carbons (Fsp3) is 0.949. The highest BCUT2D eigenvalue weighted by Gasteiger charge is 2.19. The molecule has 0 aliphatic heterocycles. The van der Waals surface area contributed by atoms with Crippen LogP contribution < -0.4 is 0 Å². The maximum Gasteiger partial charge on any atom is 0.306 e. The van der Waals surface area contributed by atoms with E-state index in [1.165, 1.54) is 231 Å². The first kappa shape index (κ1) is 63.4. The summed E-state index contributed by atoms with van der Waals surface area (Å²) in [4.78, 5) is 38.1. The minimum atomic E-state index is -0.763. The van der Waals surface area contributed by atoms with Crippen molar-refractivity contribution in [3.05, 3.63) is 0 Å². The van der Waals surface area contributed by atoms with Gasteiger partial charge in [-0.2, -0.15) is 0 Å². The molecule has 0 radical (unpaired) electrons. The second kappa shape index (κ2) is 53.4. The average molecular weight is 920 g/mol. The molecule has 1 unspecified atom stereocenters. The third kappa shape index (κ3) is 51.6. The van der Waals surface area contributed by atoms with Crippen molar-refractivity contribution in [1.82, 2.24) is 0 Å². The molecular weight excluding hydrogens is 805 g/mol. The number of carbonyl (C=O) groups is 3. The molecule has 6 heteroatoms. The standard InChI is InChI=1S/C59H114O6/c1-5-8-10-12-14-16-18-20-22-24-26-28-30-32-34-36-38-43-47-51-58(61)64-54-56(65-59(62)52-48-44-40-39-41-45-49-55(4)7-3)53-63-57(60)50-46-42-37-35-33-31-29-27-25-23-21-19-17-15-13-11-9-6-2/h55-56H,5-54H2,1-4H3/t55?,56-/m1/s1. The lowest BCUT2D eigenvalue weighted by molar-refractivity contribution is -0.167. The number of ether oxygens (including phenoxy) is 3. The molecule has 0 aliphatic rings. The Kier molecular flexibility index (Phi) is 52.1. The zero-order valence-corrected chi connectivity index (χ0v) is 44.5. The van der Waals surface area contributed by atoms with Gasteiger partial charge in [0.25, 0.3) is 0 Å². The molecule has 386 valence electrons. The van der Waals surface area contributed by atoms with Crippen LogP contribution in [-0.2, 0) is 28.6 Å². The smallest absolute Gasteiger partial charge is 0.306 e. The van der Waals surface area contributed by atoms with Gasteiger partial charge in [-0.3, -0.25) is 14.4 Å². The summed E-state index contributed by atoms with van der Waals surface area (Å²) in [5.74, 6) is -0.0304. The summed E-state index contributed by atoms with van der Waals surface area (Å²) in [6.45, 7) is 9.03. The monoisotopic (exact) mass is 919 g/mol. The normalized spacial score (nSPS) is 12.4. The van der Waals surface area contributed by atoms with Gasteiger partial charge < -0.3 is 14.2 Å². The van der Waals surface area contributed by atoms with Crippen LogP contribution in [0.1, 0.15) is 336 Å². The van der Waals surface area contributed by atoms with Crippen molar-refractivity contribution >= 4 is 17.9 Å². The van der Waals surface area contributed by atoms with Gasteiger partial charge in [0.05, 0.1) is 0 Å². The number of rotatable bonds is 54. The van der Waals surface area contributed by atoms with Gasteiger partial charge in [0, 0.05) is 19.3 Å². The molecule has 0 N–H and O–H groups in total. The summed E-state index contributed by atoms with van der Waals surface area (Å²) in [5, 5.41) is 0. The maximum absolute atomic E-state index is 12.8. The summed E-state index contributed by atoms with van der Waals surface area (Å²) in [5.41, 5.74) is 0. The number of hydrogen-bond acceptors (Lipinski definition) is 6. The van der Waals surface area contributed by atoms with E-state index in [1.807, 2.05) is 0 Å². The Morgan fingerprint density at radius 2 is 0.538 bits per heavy atom. The van der Waals surface area contributed by atoms with Crippen LogP contribution in [0.2, 0.25) is 0 Å². The van der Waals surface area contributed by atoms with Crippen molar-refractivity contribution < 1.29 is 28.6 Å². The molecule has 0 saturated carbocycles. The molecule has 6 nitrogen and oxygen atoms in total. The number of carbonyl (C=O) groups excluding carboxylic acids is 3. The van der Waals surface area contributed by atoms with Gasteiger partial charge in [-0.15, -0.1) is 0 Å². The van der Waals surface area contributed by atoms with Gasteiger partial charge in [0.1, 0.15) is 13.2 Å². The molecule has 0 aromatic rings. The predicted octanol–water partition coefficient (Wildman–Crippen LogP) is 19.4. The van der Waals surface area contributed by atoms with Crippen LogP contribution in [0, 0.1) is 5.92 Å². The molecule has 65 heavy (non-hydrogen) atoms. The molecule has 0 saturated heterocycles. The molecule has 0 aliphatic carbocycles. The molecule has 0 rings (SSSR count). The van der Waals surface area contributed by atoms with Crippen molar-refractivity contribution in [3.8, 4) is 0 Å². The first-order valence-electron chi connectivity index (χ1n) is 29.4. The molecule has 0 bridgehead atoms. The summed E-state index contributed by atoms with van der Waals surface area (Å²) in [7, 11) is 0.